The zero-order valence-corrected chi connectivity index (χ0v) is 21.6. The molecule has 1 aliphatic heterocycles. The number of halogens is 2. The van der Waals surface area contributed by atoms with Gasteiger partial charge in [-0.15, -0.1) is 0 Å². The van der Waals surface area contributed by atoms with Gasteiger partial charge in [0.2, 0.25) is 0 Å². The van der Waals surface area contributed by atoms with Crippen LogP contribution in [0.25, 0.3) is 33.1 Å². The molecule has 1 aliphatic rings. The van der Waals surface area contributed by atoms with Crippen molar-refractivity contribution in [1.29, 1.82) is 0 Å². The van der Waals surface area contributed by atoms with Crippen LogP contribution in [0.15, 0.2) is 53.6 Å². The van der Waals surface area contributed by atoms with Crippen molar-refractivity contribution in [2.24, 2.45) is 0 Å². The van der Waals surface area contributed by atoms with Crippen molar-refractivity contribution in [3.63, 3.8) is 0 Å². The molecule has 39 heavy (non-hydrogen) atoms. The molecule has 198 valence electrons. The smallest absolute Gasteiger partial charge is 0.355 e. The topological polar surface area (TPSA) is 111 Å². The fourth-order valence-corrected chi connectivity index (χ4v) is 5.21. The molecule has 0 radical (unpaired) electrons. The highest BCUT2D eigenvalue weighted by Crippen LogP contribution is 2.45. The molecule has 0 spiro atoms. The second-order valence-corrected chi connectivity index (χ2v) is 9.47. The molecule has 0 saturated carbocycles. The fraction of sp³-hybridized carbons (Fsp3) is 0.214. The van der Waals surface area contributed by atoms with Gasteiger partial charge in [0.25, 0.3) is 5.56 Å². The molecule has 0 bridgehead atoms. The summed E-state index contributed by atoms with van der Waals surface area (Å²) in [4.78, 5) is 38.1. The molecule has 5 aromatic rings. The summed E-state index contributed by atoms with van der Waals surface area (Å²) in [5, 5.41) is 4.34. The van der Waals surface area contributed by atoms with Gasteiger partial charge < -0.3 is 24.3 Å². The van der Waals surface area contributed by atoms with Gasteiger partial charge in [0, 0.05) is 47.4 Å². The Morgan fingerprint density at radius 1 is 1.31 bits per heavy atom. The number of hydrogen-bond acceptors (Lipinski definition) is 7. The molecule has 0 unspecified atom stereocenters. The van der Waals surface area contributed by atoms with Crippen LogP contribution in [0.5, 0.6) is 5.75 Å². The van der Waals surface area contributed by atoms with E-state index in [0.29, 0.717) is 52.0 Å². The zero-order chi connectivity index (χ0) is 27.1. The Balaban J connectivity index is 1.67. The van der Waals surface area contributed by atoms with Crippen molar-refractivity contribution in [3.05, 3.63) is 86.9 Å². The number of rotatable bonds is 7. The number of aromatic amines is 1. The Bertz CT molecular complexity index is 1820. The third kappa shape index (κ3) is 4.31. The molecule has 11 heteroatoms. The monoisotopic (exact) mass is 547 g/mol. The van der Waals surface area contributed by atoms with Gasteiger partial charge in [-0.2, -0.15) is 0 Å². The lowest BCUT2D eigenvalue weighted by Gasteiger charge is -2.13. The average Bonchev–Trinajstić information content (AvgIpc) is 3.53. The summed E-state index contributed by atoms with van der Waals surface area (Å²) in [6.45, 7) is 0.852. The Hall–Kier alpha value is -4.28. The number of aromatic nitrogens is 4. The second kappa shape index (κ2) is 10.1. The number of nitrogens with one attached hydrogen (secondary N) is 2. The predicted octanol–water partition coefficient (Wildman–Crippen LogP) is 4.09. The number of benzene rings is 1. The number of pyridine rings is 3. The van der Waals surface area contributed by atoms with Gasteiger partial charge >= 0.3 is 5.97 Å². The van der Waals surface area contributed by atoms with Crippen LogP contribution in [0.4, 0.5) is 4.39 Å². The van der Waals surface area contributed by atoms with E-state index in [9.17, 15) is 9.59 Å². The number of likely N-dealkylation sites (N-methyl/N-ethyl adjacent to an activating group) is 1. The Morgan fingerprint density at radius 2 is 2.18 bits per heavy atom. The molecule has 0 aliphatic carbocycles. The Labute approximate surface area is 226 Å². The lowest BCUT2D eigenvalue weighted by molar-refractivity contribution is 0.0500. The standard InChI is InChI=1S/C28H23ClFN5O4/c1-31-9-11-39-28(37)23-21(18-5-3-8-33-27(18)36)22-20(13-19(30)17-6-10-38-24(17)22)35(23)14-16-12-15-4-2-7-32-26(15)34-25(16)29/h2-5,7-8,12-13,31H,6,9-11,14H2,1H3,(H,33,36). The van der Waals surface area contributed by atoms with Gasteiger partial charge in [-0.05, 0) is 43.4 Å². The molecule has 2 N–H and O–H groups in total. The van der Waals surface area contributed by atoms with Gasteiger partial charge in [0.05, 0.1) is 29.6 Å². The average molecular weight is 548 g/mol. The van der Waals surface area contributed by atoms with Crippen molar-refractivity contribution in [2.75, 3.05) is 26.8 Å². The highest BCUT2D eigenvalue weighted by atomic mass is 35.5. The Morgan fingerprint density at radius 3 is 3.00 bits per heavy atom. The number of ether oxygens (including phenoxy) is 2. The van der Waals surface area contributed by atoms with E-state index in [-0.39, 0.29) is 36.2 Å². The lowest BCUT2D eigenvalue weighted by Crippen LogP contribution is -2.20. The van der Waals surface area contributed by atoms with Crippen LogP contribution in [0.2, 0.25) is 5.15 Å². The first-order valence-corrected chi connectivity index (χ1v) is 12.8. The van der Waals surface area contributed by atoms with Crippen molar-refractivity contribution >= 4 is 39.5 Å². The minimum absolute atomic E-state index is 0.0482. The summed E-state index contributed by atoms with van der Waals surface area (Å²) in [6, 6.07) is 10.1. The first kappa shape index (κ1) is 25.0. The molecule has 0 amide bonds. The molecule has 0 saturated heterocycles. The van der Waals surface area contributed by atoms with Crippen LogP contribution in [0.1, 0.15) is 21.6 Å². The summed E-state index contributed by atoms with van der Waals surface area (Å²) in [7, 11) is 1.74. The van der Waals surface area contributed by atoms with Gasteiger partial charge in [-0.3, -0.25) is 4.79 Å². The van der Waals surface area contributed by atoms with E-state index in [1.54, 1.807) is 36.0 Å². The normalized spacial score (nSPS) is 12.6. The Kier molecular flexibility index (Phi) is 6.49. The molecule has 4 aromatic heterocycles. The predicted molar refractivity (Wildman–Crippen MR) is 145 cm³/mol. The molecule has 6 rings (SSSR count). The summed E-state index contributed by atoms with van der Waals surface area (Å²) >= 11 is 6.57. The molecule has 5 heterocycles. The van der Waals surface area contributed by atoms with E-state index >= 15 is 4.39 Å². The van der Waals surface area contributed by atoms with Crippen molar-refractivity contribution in [3.8, 4) is 16.9 Å². The highest BCUT2D eigenvalue weighted by molar-refractivity contribution is 6.30. The first-order chi connectivity index (χ1) is 19.0. The third-order valence-corrected chi connectivity index (χ3v) is 7.09. The van der Waals surface area contributed by atoms with Gasteiger partial charge in [-0.1, -0.05) is 11.6 Å². The third-order valence-electron chi connectivity index (χ3n) is 6.77. The summed E-state index contributed by atoms with van der Waals surface area (Å²) in [6.07, 6.45) is 3.50. The van der Waals surface area contributed by atoms with Crippen LogP contribution in [0, 0.1) is 5.82 Å². The maximum Gasteiger partial charge on any atom is 0.355 e. The van der Waals surface area contributed by atoms with Gasteiger partial charge in [0.15, 0.2) is 5.65 Å². The molecular weight excluding hydrogens is 525 g/mol. The summed E-state index contributed by atoms with van der Waals surface area (Å²) < 4.78 is 28.5. The summed E-state index contributed by atoms with van der Waals surface area (Å²) in [5.41, 5.74) is 2.05. The van der Waals surface area contributed by atoms with E-state index in [1.165, 1.54) is 12.3 Å². The molecule has 0 fully saturated rings. The molecular formula is C28H23ClFN5O4. The summed E-state index contributed by atoms with van der Waals surface area (Å²) in [5.74, 6) is -0.805. The van der Waals surface area contributed by atoms with Gasteiger partial charge in [-0.25, -0.2) is 19.2 Å². The maximum absolute atomic E-state index is 15.4. The van der Waals surface area contributed by atoms with E-state index in [1.807, 2.05) is 12.1 Å². The van der Waals surface area contributed by atoms with E-state index in [0.717, 1.165) is 5.39 Å². The number of nitrogens with zero attached hydrogens (tertiary/aromatic N) is 3. The minimum atomic E-state index is -0.668. The van der Waals surface area contributed by atoms with Gasteiger partial charge in [0.1, 0.15) is 29.0 Å². The molecule has 1 aromatic carbocycles. The first-order valence-electron chi connectivity index (χ1n) is 12.4. The zero-order valence-electron chi connectivity index (χ0n) is 20.9. The largest absolute Gasteiger partial charge is 0.492 e. The van der Waals surface area contributed by atoms with Crippen LogP contribution < -0.4 is 15.6 Å². The SMILES string of the molecule is CNCCOC(=O)c1c(-c2ccc[nH]c2=O)c2c3c(c(F)cc2n1Cc1cc2cccnc2nc1Cl)CCO3. The number of H-pyrrole nitrogens is 1. The van der Waals surface area contributed by atoms with Crippen molar-refractivity contribution in [1.82, 2.24) is 24.8 Å². The molecule has 9 nitrogen and oxygen atoms in total. The van der Waals surface area contributed by atoms with Crippen LogP contribution in [-0.2, 0) is 17.7 Å². The van der Waals surface area contributed by atoms with Crippen LogP contribution in [-0.4, -0.2) is 52.3 Å². The number of fused-ring (bicyclic) bond motifs is 4. The number of hydrogen-bond donors (Lipinski definition) is 2. The quantitative estimate of drug-likeness (QED) is 0.179. The minimum Gasteiger partial charge on any atom is -0.492 e. The number of carbonyl (C=O) groups is 1. The van der Waals surface area contributed by atoms with E-state index in [4.69, 9.17) is 21.1 Å². The second-order valence-electron chi connectivity index (χ2n) is 9.11. The highest BCUT2D eigenvalue weighted by Gasteiger charge is 2.33. The van der Waals surface area contributed by atoms with Crippen molar-refractivity contribution in [2.45, 2.75) is 13.0 Å². The number of esters is 1. The van der Waals surface area contributed by atoms with E-state index in [2.05, 4.69) is 20.3 Å². The van der Waals surface area contributed by atoms with Crippen molar-refractivity contribution < 1.29 is 18.7 Å². The van der Waals surface area contributed by atoms with Crippen LogP contribution >= 0.6 is 11.6 Å². The maximum atomic E-state index is 15.4. The lowest BCUT2D eigenvalue weighted by atomic mass is 10.00. The fourth-order valence-electron chi connectivity index (χ4n) is 5.01. The van der Waals surface area contributed by atoms with E-state index < -0.39 is 17.3 Å². The molecule has 0 atom stereocenters. The van der Waals surface area contributed by atoms with Crippen LogP contribution in [0.3, 0.4) is 0 Å². The number of carbonyl (C=O) groups excluding carboxylic acids is 1.